The van der Waals surface area contributed by atoms with Gasteiger partial charge in [0.2, 0.25) is 0 Å². The Morgan fingerprint density at radius 3 is 2.27 bits per heavy atom. The summed E-state index contributed by atoms with van der Waals surface area (Å²) in [5.41, 5.74) is 1.30. The Bertz CT molecular complexity index is 139. The highest BCUT2D eigenvalue weighted by molar-refractivity contribution is 5.65. The lowest BCUT2D eigenvalue weighted by molar-refractivity contribution is 0.0188. The first kappa shape index (κ1) is 10.2. The molecular formula is C7H15NO3. The standard InChI is InChI=1S/C7H15NO3/c1-5(7(2,3)4)11-6(9)8-10/h5,10H,1-4H3,(H,8,9). The first-order chi connectivity index (χ1) is 4.88. The maximum atomic E-state index is 10.5. The zero-order chi connectivity index (χ0) is 9.07. The second kappa shape index (κ2) is 3.57. The number of hydrogen-bond donors (Lipinski definition) is 2. The molecule has 1 amide bonds. The van der Waals surface area contributed by atoms with Crippen molar-refractivity contribution in [3.63, 3.8) is 0 Å². The molecule has 11 heavy (non-hydrogen) atoms. The Kier molecular flexibility index (Phi) is 3.32. The van der Waals surface area contributed by atoms with Crippen LogP contribution in [-0.4, -0.2) is 17.4 Å². The molecule has 0 aromatic carbocycles. The molecule has 0 radical (unpaired) electrons. The molecule has 0 rings (SSSR count). The van der Waals surface area contributed by atoms with E-state index in [0.29, 0.717) is 0 Å². The molecule has 4 heteroatoms. The van der Waals surface area contributed by atoms with Gasteiger partial charge in [0.15, 0.2) is 0 Å². The van der Waals surface area contributed by atoms with Crippen molar-refractivity contribution in [1.82, 2.24) is 5.48 Å². The van der Waals surface area contributed by atoms with Crippen molar-refractivity contribution in [2.24, 2.45) is 5.41 Å². The lowest BCUT2D eigenvalue weighted by atomic mass is 9.90. The van der Waals surface area contributed by atoms with Crippen LogP contribution in [0, 0.1) is 5.41 Å². The van der Waals surface area contributed by atoms with E-state index in [-0.39, 0.29) is 11.5 Å². The van der Waals surface area contributed by atoms with Gasteiger partial charge in [-0.2, -0.15) is 0 Å². The summed E-state index contributed by atoms with van der Waals surface area (Å²) in [6.45, 7) is 7.61. The molecule has 0 aliphatic rings. The van der Waals surface area contributed by atoms with Crippen molar-refractivity contribution < 1.29 is 14.7 Å². The number of hydroxylamine groups is 1. The average Bonchev–Trinajstić information content (AvgIpc) is 1.85. The van der Waals surface area contributed by atoms with Crippen molar-refractivity contribution in [3.8, 4) is 0 Å². The molecule has 0 aliphatic heterocycles. The molecule has 0 bridgehead atoms. The topological polar surface area (TPSA) is 58.6 Å². The third-order valence-electron chi connectivity index (χ3n) is 1.59. The van der Waals surface area contributed by atoms with Gasteiger partial charge < -0.3 is 4.74 Å². The van der Waals surface area contributed by atoms with Gasteiger partial charge in [0.25, 0.3) is 0 Å². The number of hydrogen-bond acceptors (Lipinski definition) is 3. The van der Waals surface area contributed by atoms with Crippen LogP contribution in [0.4, 0.5) is 4.79 Å². The first-order valence-corrected chi connectivity index (χ1v) is 3.48. The molecule has 0 aromatic rings. The van der Waals surface area contributed by atoms with Crippen molar-refractivity contribution in [1.29, 1.82) is 0 Å². The van der Waals surface area contributed by atoms with Crippen LogP contribution in [-0.2, 0) is 4.74 Å². The molecule has 4 nitrogen and oxygen atoms in total. The summed E-state index contributed by atoms with van der Waals surface area (Å²) < 4.78 is 4.76. The van der Waals surface area contributed by atoms with E-state index >= 15 is 0 Å². The van der Waals surface area contributed by atoms with Crippen LogP contribution in [0.2, 0.25) is 0 Å². The molecule has 0 spiro atoms. The first-order valence-electron chi connectivity index (χ1n) is 3.48. The minimum atomic E-state index is -0.813. The van der Waals surface area contributed by atoms with Crippen LogP contribution in [0.25, 0.3) is 0 Å². The predicted molar refractivity (Wildman–Crippen MR) is 40.3 cm³/mol. The van der Waals surface area contributed by atoms with Crippen LogP contribution in [0.1, 0.15) is 27.7 Å². The smallest absolute Gasteiger partial charge is 0.431 e. The third-order valence-corrected chi connectivity index (χ3v) is 1.59. The minimum Gasteiger partial charge on any atom is -0.444 e. The van der Waals surface area contributed by atoms with Crippen LogP contribution < -0.4 is 5.48 Å². The lowest BCUT2D eigenvalue weighted by Crippen LogP contribution is -2.32. The van der Waals surface area contributed by atoms with Gasteiger partial charge in [-0.05, 0) is 12.3 Å². The summed E-state index contributed by atoms with van der Waals surface area (Å²) in [6.07, 6.45) is -1.04. The quantitative estimate of drug-likeness (QED) is 0.453. The molecule has 1 unspecified atom stereocenters. The Hall–Kier alpha value is -0.770. The molecule has 0 aliphatic carbocycles. The van der Waals surface area contributed by atoms with Gasteiger partial charge in [-0.15, -0.1) is 0 Å². The maximum absolute atomic E-state index is 10.5. The van der Waals surface area contributed by atoms with E-state index in [1.165, 1.54) is 5.48 Å². The zero-order valence-corrected chi connectivity index (χ0v) is 7.34. The number of carbonyl (C=O) groups excluding carboxylic acids is 1. The van der Waals surface area contributed by atoms with E-state index < -0.39 is 6.09 Å². The average molecular weight is 161 g/mol. The molecule has 0 saturated carbocycles. The van der Waals surface area contributed by atoms with Crippen molar-refractivity contribution >= 4 is 6.09 Å². The maximum Gasteiger partial charge on any atom is 0.431 e. The van der Waals surface area contributed by atoms with E-state index in [1.807, 2.05) is 20.8 Å². The monoisotopic (exact) mass is 161 g/mol. The number of amides is 1. The van der Waals surface area contributed by atoms with Gasteiger partial charge in [-0.25, -0.2) is 10.3 Å². The van der Waals surface area contributed by atoms with E-state index in [0.717, 1.165) is 0 Å². The van der Waals surface area contributed by atoms with Gasteiger partial charge in [0.05, 0.1) is 0 Å². The van der Waals surface area contributed by atoms with Gasteiger partial charge in [-0.3, -0.25) is 5.21 Å². The Morgan fingerprint density at radius 2 is 2.00 bits per heavy atom. The summed E-state index contributed by atoms with van der Waals surface area (Å²) >= 11 is 0. The highest BCUT2D eigenvalue weighted by Gasteiger charge is 2.23. The van der Waals surface area contributed by atoms with Crippen LogP contribution >= 0.6 is 0 Å². The zero-order valence-electron chi connectivity index (χ0n) is 7.34. The summed E-state index contributed by atoms with van der Waals surface area (Å²) in [6, 6.07) is 0. The molecule has 0 saturated heterocycles. The Labute approximate surface area is 66.5 Å². The van der Waals surface area contributed by atoms with E-state index in [1.54, 1.807) is 6.92 Å². The molecule has 0 aromatic heterocycles. The lowest BCUT2D eigenvalue weighted by Gasteiger charge is -2.26. The highest BCUT2D eigenvalue weighted by atomic mass is 16.6. The number of carbonyl (C=O) groups is 1. The summed E-state index contributed by atoms with van der Waals surface area (Å²) in [4.78, 5) is 10.5. The van der Waals surface area contributed by atoms with Crippen molar-refractivity contribution in [2.75, 3.05) is 0 Å². The highest BCUT2D eigenvalue weighted by Crippen LogP contribution is 2.21. The number of rotatable bonds is 1. The van der Waals surface area contributed by atoms with Gasteiger partial charge in [0, 0.05) is 0 Å². The Morgan fingerprint density at radius 1 is 1.55 bits per heavy atom. The molecule has 2 N–H and O–H groups in total. The number of ether oxygens (including phenoxy) is 1. The molecule has 0 heterocycles. The largest absolute Gasteiger partial charge is 0.444 e. The summed E-state index contributed by atoms with van der Waals surface area (Å²) in [5, 5.41) is 8.12. The van der Waals surface area contributed by atoms with Crippen LogP contribution in [0.5, 0.6) is 0 Å². The third kappa shape index (κ3) is 3.83. The second-order valence-electron chi connectivity index (χ2n) is 3.53. The predicted octanol–water partition coefficient (Wildman–Crippen LogP) is 1.54. The van der Waals surface area contributed by atoms with E-state index in [9.17, 15) is 4.79 Å². The van der Waals surface area contributed by atoms with Crippen LogP contribution in [0.15, 0.2) is 0 Å². The van der Waals surface area contributed by atoms with Crippen molar-refractivity contribution in [2.45, 2.75) is 33.8 Å². The minimum absolute atomic E-state index is 0.105. The molecular weight excluding hydrogens is 146 g/mol. The summed E-state index contributed by atoms with van der Waals surface area (Å²) in [7, 11) is 0. The SMILES string of the molecule is CC(OC(=O)NO)C(C)(C)C. The van der Waals surface area contributed by atoms with E-state index in [2.05, 4.69) is 0 Å². The fraction of sp³-hybridized carbons (Fsp3) is 0.857. The fourth-order valence-electron chi connectivity index (χ4n) is 0.364. The van der Waals surface area contributed by atoms with Gasteiger partial charge in [0.1, 0.15) is 6.10 Å². The Balaban J connectivity index is 3.87. The van der Waals surface area contributed by atoms with Crippen LogP contribution in [0.3, 0.4) is 0 Å². The van der Waals surface area contributed by atoms with Crippen molar-refractivity contribution in [3.05, 3.63) is 0 Å². The number of nitrogens with one attached hydrogen (secondary N) is 1. The second-order valence-corrected chi connectivity index (χ2v) is 3.53. The normalized spacial score (nSPS) is 13.9. The summed E-state index contributed by atoms with van der Waals surface area (Å²) in [5.74, 6) is 0. The molecule has 1 atom stereocenters. The van der Waals surface area contributed by atoms with E-state index in [4.69, 9.17) is 9.94 Å². The van der Waals surface area contributed by atoms with Gasteiger partial charge in [-0.1, -0.05) is 20.8 Å². The molecule has 66 valence electrons. The van der Waals surface area contributed by atoms with Gasteiger partial charge >= 0.3 is 6.09 Å². The fourth-order valence-corrected chi connectivity index (χ4v) is 0.364. The molecule has 0 fully saturated rings.